The van der Waals surface area contributed by atoms with E-state index in [9.17, 15) is 14.3 Å². The van der Waals surface area contributed by atoms with Gasteiger partial charge in [0.2, 0.25) is 5.91 Å². The molecule has 1 unspecified atom stereocenters. The van der Waals surface area contributed by atoms with Crippen molar-refractivity contribution >= 4 is 11.6 Å². The van der Waals surface area contributed by atoms with Gasteiger partial charge in [0.05, 0.1) is 25.3 Å². The third kappa shape index (κ3) is 3.44. The molecule has 1 amide bonds. The Morgan fingerprint density at radius 1 is 1.47 bits per heavy atom. The van der Waals surface area contributed by atoms with Gasteiger partial charge in [-0.3, -0.25) is 4.79 Å². The average Bonchev–Trinajstić information content (AvgIpc) is 2.38. The standard InChI is InChI=1S/C14H20FNO3/c1-9(2)11(8-17)14(18)16(3)12-7-10(15)5-6-13(12)19-4/h5-7,9,11,17H,8H2,1-4H3. The van der Waals surface area contributed by atoms with Gasteiger partial charge in [-0.15, -0.1) is 0 Å². The number of aliphatic hydroxyl groups excluding tert-OH is 1. The van der Waals surface area contributed by atoms with Crippen molar-refractivity contribution in [3.8, 4) is 5.75 Å². The maximum Gasteiger partial charge on any atom is 0.232 e. The lowest BCUT2D eigenvalue weighted by Crippen LogP contribution is -2.37. The molecule has 0 heterocycles. The van der Waals surface area contributed by atoms with Crippen LogP contribution in [0.4, 0.5) is 10.1 Å². The zero-order valence-electron chi connectivity index (χ0n) is 11.7. The fourth-order valence-corrected chi connectivity index (χ4v) is 1.87. The van der Waals surface area contributed by atoms with Crippen LogP contribution in [-0.2, 0) is 4.79 Å². The first-order chi connectivity index (χ1) is 8.92. The van der Waals surface area contributed by atoms with E-state index in [1.165, 1.54) is 30.2 Å². The molecule has 1 N–H and O–H groups in total. The molecule has 5 heteroatoms. The molecule has 19 heavy (non-hydrogen) atoms. The molecule has 0 aliphatic carbocycles. The van der Waals surface area contributed by atoms with Gasteiger partial charge in [-0.25, -0.2) is 4.39 Å². The van der Waals surface area contributed by atoms with E-state index < -0.39 is 11.7 Å². The summed E-state index contributed by atoms with van der Waals surface area (Å²) in [5, 5.41) is 9.29. The predicted molar refractivity (Wildman–Crippen MR) is 71.8 cm³/mol. The number of nitrogens with zero attached hydrogens (tertiary/aromatic N) is 1. The van der Waals surface area contributed by atoms with Crippen molar-refractivity contribution in [3.05, 3.63) is 24.0 Å². The van der Waals surface area contributed by atoms with Gasteiger partial charge >= 0.3 is 0 Å². The molecular weight excluding hydrogens is 249 g/mol. The van der Waals surface area contributed by atoms with Crippen LogP contribution in [0.15, 0.2) is 18.2 Å². The van der Waals surface area contributed by atoms with Gasteiger partial charge in [0.1, 0.15) is 11.6 Å². The minimum atomic E-state index is -0.516. The van der Waals surface area contributed by atoms with E-state index in [0.29, 0.717) is 11.4 Å². The van der Waals surface area contributed by atoms with Crippen LogP contribution in [0.25, 0.3) is 0 Å². The fourth-order valence-electron chi connectivity index (χ4n) is 1.87. The minimum Gasteiger partial charge on any atom is -0.495 e. The lowest BCUT2D eigenvalue weighted by atomic mass is 9.95. The Bertz CT molecular complexity index is 448. The Labute approximate surface area is 112 Å². The zero-order chi connectivity index (χ0) is 14.6. The Morgan fingerprint density at radius 2 is 2.11 bits per heavy atom. The summed E-state index contributed by atoms with van der Waals surface area (Å²) in [5.74, 6) is -0.808. The maximum absolute atomic E-state index is 13.3. The summed E-state index contributed by atoms with van der Waals surface area (Å²) >= 11 is 0. The van der Waals surface area contributed by atoms with Gasteiger partial charge in [0.15, 0.2) is 0 Å². The number of aliphatic hydroxyl groups is 1. The van der Waals surface area contributed by atoms with Crippen LogP contribution in [-0.4, -0.2) is 31.8 Å². The second-order valence-electron chi connectivity index (χ2n) is 4.75. The van der Waals surface area contributed by atoms with Crippen LogP contribution in [0.3, 0.4) is 0 Å². The number of halogens is 1. The number of ether oxygens (including phenoxy) is 1. The van der Waals surface area contributed by atoms with Crippen LogP contribution in [0, 0.1) is 17.7 Å². The monoisotopic (exact) mass is 269 g/mol. The highest BCUT2D eigenvalue weighted by atomic mass is 19.1. The molecule has 1 aromatic rings. The minimum absolute atomic E-state index is 0.000459. The van der Waals surface area contributed by atoms with Gasteiger partial charge in [0, 0.05) is 13.1 Å². The zero-order valence-corrected chi connectivity index (χ0v) is 11.7. The number of methoxy groups -OCH3 is 1. The topological polar surface area (TPSA) is 49.8 Å². The van der Waals surface area contributed by atoms with E-state index in [1.807, 2.05) is 13.8 Å². The number of anilines is 1. The fraction of sp³-hybridized carbons (Fsp3) is 0.500. The number of hydrogen-bond acceptors (Lipinski definition) is 3. The van der Waals surface area contributed by atoms with Crippen LogP contribution in [0.5, 0.6) is 5.75 Å². The van der Waals surface area contributed by atoms with E-state index in [4.69, 9.17) is 4.74 Å². The molecule has 0 fully saturated rings. The number of rotatable bonds is 5. The summed E-state index contributed by atoms with van der Waals surface area (Å²) in [6.45, 7) is 3.48. The highest BCUT2D eigenvalue weighted by Crippen LogP contribution is 2.29. The van der Waals surface area contributed by atoms with Gasteiger partial charge in [-0.05, 0) is 18.1 Å². The third-order valence-electron chi connectivity index (χ3n) is 3.15. The molecule has 0 spiro atoms. The van der Waals surface area contributed by atoms with Crippen molar-refractivity contribution in [3.63, 3.8) is 0 Å². The molecule has 106 valence electrons. The summed E-state index contributed by atoms with van der Waals surface area (Å²) in [7, 11) is 3.01. The van der Waals surface area contributed by atoms with Gasteiger partial charge in [0.25, 0.3) is 0 Å². The van der Waals surface area contributed by atoms with Gasteiger partial charge in [-0.2, -0.15) is 0 Å². The molecule has 0 saturated heterocycles. The van der Waals surface area contributed by atoms with E-state index in [1.54, 1.807) is 7.05 Å². The lowest BCUT2D eigenvalue weighted by molar-refractivity contribution is -0.124. The maximum atomic E-state index is 13.3. The number of hydrogen-bond donors (Lipinski definition) is 1. The number of amides is 1. The second kappa shape index (κ2) is 6.52. The molecule has 0 saturated carbocycles. The van der Waals surface area contributed by atoms with Crippen molar-refractivity contribution in [1.82, 2.24) is 0 Å². The molecule has 1 rings (SSSR count). The molecular formula is C14H20FNO3. The number of benzene rings is 1. The van der Waals surface area contributed by atoms with Crippen LogP contribution in [0.1, 0.15) is 13.8 Å². The molecule has 4 nitrogen and oxygen atoms in total. The Morgan fingerprint density at radius 3 is 2.58 bits per heavy atom. The number of carbonyl (C=O) groups excluding carboxylic acids is 1. The highest BCUT2D eigenvalue weighted by Gasteiger charge is 2.26. The van der Waals surface area contributed by atoms with Gasteiger partial charge < -0.3 is 14.7 Å². The number of carbonyl (C=O) groups is 1. The molecule has 0 bridgehead atoms. The van der Waals surface area contributed by atoms with E-state index in [2.05, 4.69) is 0 Å². The molecule has 0 radical (unpaired) electrons. The first kappa shape index (κ1) is 15.4. The summed E-state index contributed by atoms with van der Waals surface area (Å²) in [4.78, 5) is 13.6. The van der Waals surface area contributed by atoms with Crippen molar-refractivity contribution in [2.45, 2.75) is 13.8 Å². The van der Waals surface area contributed by atoms with Crippen molar-refractivity contribution in [2.24, 2.45) is 11.8 Å². The molecule has 1 aromatic carbocycles. The lowest BCUT2D eigenvalue weighted by Gasteiger charge is -2.26. The Balaban J connectivity index is 3.08. The third-order valence-corrected chi connectivity index (χ3v) is 3.15. The predicted octanol–water partition coefficient (Wildman–Crippen LogP) is 2.06. The first-order valence-corrected chi connectivity index (χ1v) is 6.14. The Kier molecular flexibility index (Phi) is 5.30. The summed E-state index contributed by atoms with van der Waals surface area (Å²) in [6.07, 6.45) is 0. The first-order valence-electron chi connectivity index (χ1n) is 6.14. The van der Waals surface area contributed by atoms with Crippen molar-refractivity contribution in [1.29, 1.82) is 0 Å². The van der Waals surface area contributed by atoms with E-state index in [0.717, 1.165) is 0 Å². The summed E-state index contributed by atoms with van der Waals surface area (Å²) < 4.78 is 18.4. The van der Waals surface area contributed by atoms with Gasteiger partial charge in [-0.1, -0.05) is 13.8 Å². The van der Waals surface area contributed by atoms with Crippen molar-refractivity contribution < 1.29 is 19.0 Å². The largest absolute Gasteiger partial charge is 0.495 e. The summed E-state index contributed by atoms with van der Waals surface area (Å²) in [5.41, 5.74) is 0.353. The van der Waals surface area contributed by atoms with Crippen LogP contribution in [0.2, 0.25) is 0 Å². The highest BCUT2D eigenvalue weighted by molar-refractivity contribution is 5.96. The quantitative estimate of drug-likeness (QED) is 0.890. The normalized spacial score (nSPS) is 12.4. The molecule has 0 aromatic heterocycles. The second-order valence-corrected chi connectivity index (χ2v) is 4.75. The van der Waals surface area contributed by atoms with E-state index in [-0.39, 0.29) is 18.4 Å². The average molecular weight is 269 g/mol. The molecule has 0 aliphatic rings. The molecule has 1 atom stereocenters. The Hall–Kier alpha value is -1.62. The van der Waals surface area contributed by atoms with E-state index >= 15 is 0 Å². The SMILES string of the molecule is COc1ccc(F)cc1N(C)C(=O)C(CO)C(C)C. The molecule has 0 aliphatic heterocycles. The smallest absolute Gasteiger partial charge is 0.232 e. The van der Waals surface area contributed by atoms with Crippen LogP contribution >= 0.6 is 0 Å². The van der Waals surface area contributed by atoms with Crippen molar-refractivity contribution in [2.75, 3.05) is 25.7 Å². The summed E-state index contributed by atoms with van der Waals surface area (Å²) in [6, 6.07) is 3.98. The van der Waals surface area contributed by atoms with Crippen LogP contribution < -0.4 is 9.64 Å².